The van der Waals surface area contributed by atoms with Gasteiger partial charge in [0.2, 0.25) is 0 Å². The van der Waals surface area contributed by atoms with Crippen molar-refractivity contribution in [2.24, 2.45) is 5.84 Å². The van der Waals surface area contributed by atoms with E-state index in [0.29, 0.717) is 6.04 Å². The van der Waals surface area contributed by atoms with Crippen LogP contribution in [-0.4, -0.2) is 18.1 Å². The first-order chi connectivity index (χ1) is 7.26. The van der Waals surface area contributed by atoms with Crippen molar-refractivity contribution in [2.45, 2.75) is 18.9 Å². The smallest absolute Gasteiger partial charge is 0.0258 e. The lowest BCUT2D eigenvalue weighted by Gasteiger charge is -2.15. The Balaban J connectivity index is 2.47. The molecule has 0 bridgehead atoms. The van der Waals surface area contributed by atoms with Crippen molar-refractivity contribution in [3.8, 4) is 0 Å². The molecule has 1 aromatic rings. The fraction of sp³-hybridized carbons (Fsp3) is 0.455. The van der Waals surface area contributed by atoms with Crippen LogP contribution in [0.15, 0.2) is 28.7 Å². The molecule has 1 aromatic carbocycles. The van der Waals surface area contributed by atoms with Crippen molar-refractivity contribution in [1.29, 1.82) is 0 Å². The molecule has 0 heterocycles. The molecule has 0 spiro atoms. The maximum atomic E-state index is 5.52. The molecular formula is C11H17BrN2S. The van der Waals surface area contributed by atoms with Crippen LogP contribution in [0.2, 0.25) is 0 Å². The van der Waals surface area contributed by atoms with Gasteiger partial charge < -0.3 is 0 Å². The number of hydrogen-bond acceptors (Lipinski definition) is 3. The second-order valence-electron chi connectivity index (χ2n) is 3.48. The molecule has 0 saturated carbocycles. The van der Waals surface area contributed by atoms with Gasteiger partial charge in [0.25, 0.3) is 0 Å². The summed E-state index contributed by atoms with van der Waals surface area (Å²) in [4.78, 5) is 0. The summed E-state index contributed by atoms with van der Waals surface area (Å²) in [5, 5.41) is 0. The zero-order chi connectivity index (χ0) is 11.1. The summed E-state index contributed by atoms with van der Waals surface area (Å²) in [6.07, 6.45) is 4.21. The minimum absolute atomic E-state index is 0.374. The molecule has 1 atom stereocenters. The maximum Gasteiger partial charge on any atom is 0.0258 e. The Hall–Kier alpha value is -0.0300. The van der Waals surface area contributed by atoms with E-state index in [2.05, 4.69) is 51.9 Å². The standard InChI is InChI=1S/C11H17BrN2S/c1-15-7-6-11(14-13)8-9-2-4-10(12)5-3-9/h2-5,11,14H,6-8,13H2,1H3. The predicted molar refractivity (Wildman–Crippen MR) is 72.0 cm³/mol. The molecule has 4 heteroatoms. The van der Waals surface area contributed by atoms with Crippen molar-refractivity contribution >= 4 is 27.7 Å². The summed E-state index contributed by atoms with van der Waals surface area (Å²) in [6, 6.07) is 8.77. The van der Waals surface area contributed by atoms with E-state index in [1.54, 1.807) is 0 Å². The van der Waals surface area contributed by atoms with Crippen LogP contribution in [0.5, 0.6) is 0 Å². The molecule has 1 unspecified atom stereocenters. The molecule has 2 nitrogen and oxygen atoms in total. The van der Waals surface area contributed by atoms with Crippen LogP contribution >= 0.6 is 27.7 Å². The summed E-state index contributed by atoms with van der Waals surface area (Å²) >= 11 is 5.28. The molecule has 0 aromatic heterocycles. The average Bonchev–Trinajstić information content (AvgIpc) is 2.27. The highest BCUT2D eigenvalue weighted by atomic mass is 79.9. The van der Waals surface area contributed by atoms with Gasteiger partial charge in [-0.05, 0) is 42.5 Å². The molecule has 1 rings (SSSR count). The lowest BCUT2D eigenvalue weighted by Crippen LogP contribution is -2.37. The maximum absolute atomic E-state index is 5.52. The van der Waals surface area contributed by atoms with E-state index in [0.717, 1.165) is 23.1 Å². The van der Waals surface area contributed by atoms with Gasteiger partial charge in [-0.2, -0.15) is 11.8 Å². The molecule has 0 fully saturated rings. The molecular weight excluding hydrogens is 272 g/mol. The van der Waals surface area contributed by atoms with Gasteiger partial charge in [-0.25, -0.2) is 0 Å². The number of nitrogens with two attached hydrogens (primary N) is 1. The van der Waals surface area contributed by atoms with Crippen LogP contribution in [0.1, 0.15) is 12.0 Å². The topological polar surface area (TPSA) is 38.0 Å². The summed E-state index contributed by atoms with van der Waals surface area (Å²) < 4.78 is 1.12. The first kappa shape index (κ1) is 13.0. The number of hydrazine groups is 1. The highest BCUT2D eigenvalue weighted by molar-refractivity contribution is 9.10. The zero-order valence-corrected chi connectivity index (χ0v) is 11.3. The average molecular weight is 289 g/mol. The number of thioether (sulfide) groups is 1. The Labute approximate surface area is 104 Å². The normalized spacial score (nSPS) is 12.7. The molecule has 0 radical (unpaired) electrons. The van der Waals surface area contributed by atoms with Crippen LogP contribution in [0.4, 0.5) is 0 Å². The number of nitrogens with one attached hydrogen (secondary N) is 1. The Bertz CT molecular complexity index is 276. The van der Waals surface area contributed by atoms with Crippen LogP contribution in [-0.2, 0) is 6.42 Å². The van der Waals surface area contributed by atoms with Crippen molar-refractivity contribution < 1.29 is 0 Å². The van der Waals surface area contributed by atoms with Crippen LogP contribution < -0.4 is 11.3 Å². The summed E-state index contributed by atoms with van der Waals surface area (Å²) in [7, 11) is 0. The third-order valence-electron chi connectivity index (χ3n) is 2.30. The first-order valence-corrected chi connectivity index (χ1v) is 7.14. The van der Waals surface area contributed by atoms with Gasteiger partial charge in [-0.3, -0.25) is 11.3 Å². The SMILES string of the molecule is CSCCC(Cc1ccc(Br)cc1)NN. The Morgan fingerprint density at radius 1 is 1.40 bits per heavy atom. The van der Waals surface area contributed by atoms with Crippen molar-refractivity contribution in [1.82, 2.24) is 5.43 Å². The number of rotatable bonds is 6. The molecule has 0 aliphatic rings. The van der Waals surface area contributed by atoms with Gasteiger partial charge in [0, 0.05) is 10.5 Å². The first-order valence-electron chi connectivity index (χ1n) is 4.95. The minimum Gasteiger partial charge on any atom is -0.271 e. The molecule has 3 N–H and O–H groups in total. The third kappa shape index (κ3) is 5.02. The summed E-state index contributed by atoms with van der Waals surface area (Å²) in [5.74, 6) is 6.67. The fourth-order valence-electron chi connectivity index (χ4n) is 1.41. The van der Waals surface area contributed by atoms with E-state index >= 15 is 0 Å². The van der Waals surface area contributed by atoms with Crippen LogP contribution in [0.25, 0.3) is 0 Å². The van der Waals surface area contributed by atoms with Crippen LogP contribution in [0.3, 0.4) is 0 Å². The lowest BCUT2D eigenvalue weighted by atomic mass is 10.0. The van der Waals surface area contributed by atoms with Gasteiger partial charge >= 0.3 is 0 Å². The third-order valence-corrected chi connectivity index (χ3v) is 3.47. The highest BCUT2D eigenvalue weighted by Crippen LogP contribution is 2.13. The van der Waals surface area contributed by atoms with Gasteiger partial charge in [0.05, 0.1) is 0 Å². The van der Waals surface area contributed by atoms with Crippen molar-refractivity contribution in [3.63, 3.8) is 0 Å². The Kier molecular flexibility index (Phi) is 6.32. The molecule has 0 saturated heterocycles. The monoisotopic (exact) mass is 288 g/mol. The summed E-state index contributed by atoms with van der Waals surface area (Å²) in [5.41, 5.74) is 4.20. The molecule has 0 aliphatic heterocycles. The molecule has 0 aliphatic carbocycles. The largest absolute Gasteiger partial charge is 0.271 e. The second kappa shape index (κ2) is 7.28. The number of benzene rings is 1. The Morgan fingerprint density at radius 3 is 2.60 bits per heavy atom. The van der Waals surface area contributed by atoms with Crippen LogP contribution in [0, 0.1) is 0 Å². The minimum atomic E-state index is 0.374. The van der Waals surface area contributed by atoms with Crippen molar-refractivity contribution in [2.75, 3.05) is 12.0 Å². The quantitative estimate of drug-likeness (QED) is 0.624. The van der Waals surface area contributed by atoms with E-state index in [9.17, 15) is 0 Å². The zero-order valence-electron chi connectivity index (χ0n) is 8.87. The van der Waals surface area contributed by atoms with E-state index in [1.165, 1.54) is 5.56 Å². The molecule has 15 heavy (non-hydrogen) atoms. The Morgan fingerprint density at radius 2 is 2.07 bits per heavy atom. The van der Waals surface area contributed by atoms with Gasteiger partial charge in [0.1, 0.15) is 0 Å². The van der Waals surface area contributed by atoms with E-state index in [4.69, 9.17) is 5.84 Å². The van der Waals surface area contributed by atoms with E-state index in [1.807, 2.05) is 11.8 Å². The molecule has 0 amide bonds. The molecule has 84 valence electrons. The fourth-order valence-corrected chi connectivity index (χ4v) is 2.19. The van der Waals surface area contributed by atoms with Gasteiger partial charge in [-0.15, -0.1) is 0 Å². The van der Waals surface area contributed by atoms with Crippen molar-refractivity contribution in [3.05, 3.63) is 34.3 Å². The van der Waals surface area contributed by atoms with Gasteiger partial charge in [-0.1, -0.05) is 28.1 Å². The number of hydrogen-bond donors (Lipinski definition) is 2. The van der Waals surface area contributed by atoms with E-state index < -0.39 is 0 Å². The predicted octanol–water partition coefficient (Wildman–Crippen LogP) is 2.58. The summed E-state index contributed by atoms with van der Waals surface area (Å²) in [6.45, 7) is 0. The number of halogens is 1. The second-order valence-corrected chi connectivity index (χ2v) is 5.38. The lowest BCUT2D eigenvalue weighted by molar-refractivity contribution is 0.514. The van der Waals surface area contributed by atoms with E-state index in [-0.39, 0.29) is 0 Å². The van der Waals surface area contributed by atoms with Gasteiger partial charge in [0.15, 0.2) is 0 Å². The highest BCUT2D eigenvalue weighted by Gasteiger charge is 2.06.